The third kappa shape index (κ3) is 4.88. The summed E-state index contributed by atoms with van der Waals surface area (Å²) in [4.78, 5) is 0. The fraction of sp³-hybridized carbons (Fsp3) is 0.250. The molecule has 0 aromatic heterocycles. The molecule has 0 aliphatic carbocycles. The van der Waals surface area contributed by atoms with Crippen LogP contribution in [0.2, 0.25) is 0 Å². The fourth-order valence-corrected chi connectivity index (χ4v) is 0.407. The molecule has 0 aliphatic heterocycles. The molecular weight excluding hydrogens is 110 g/mol. The maximum atomic E-state index is 3.68. The van der Waals surface area contributed by atoms with Crippen molar-refractivity contribution >= 4 is 0 Å². The van der Waals surface area contributed by atoms with Crippen LogP contribution in [0.15, 0.2) is 37.6 Å². The van der Waals surface area contributed by atoms with Crippen LogP contribution in [0.1, 0.15) is 6.42 Å². The quantitative estimate of drug-likeness (QED) is 0.334. The summed E-state index contributed by atoms with van der Waals surface area (Å²) in [6, 6.07) is 0. The predicted octanol–water partition coefficient (Wildman–Crippen LogP) is 1.85. The Balaban J connectivity index is 3.16. The van der Waals surface area contributed by atoms with Gasteiger partial charge in [0.15, 0.2) is 0 Å². The van der Waals surface area contributed by atoms with E-state index in [2.05, 4.69) is 25.1 Å². The van der Waals surface area contributed by atoms with Gasteiger partial charge in [0, 0.05) is 12.2 Å². The molecule has 0 atom stereocenters. The topological polar surface area (TPSA) is 12.0 Å². The normalized spacial score (nSPS) is 8.00. The Hall–Kier alpha value is -0.980. The van der Waals surface area contributed by atoms with Crippen molar-refractivity contribution in [3.63, 3.8) is 0 Å². The van der Waals surface area contributed by atoms with Crippen molar-refractivity contribution in [2.75, 3.05) is 6.54 Å². The standard InChI is InChI=1S/C8H13N/c1-4-6-7-9-8(3)5-2/h4-5,9H,1-3,6-7H2. The second-order valence-electron chi connectivity index (χ2n) is 1.73. The first-order valence-corrected chi connectivity index (χ1v) is 2.97. The van der Waals surface area contributed by atoms with E-state index < -0.39 is 0 Å². The van der Waals surface area contributed by atoms with E-state index in [1.165, 1.54) is 0 Å². The van der Waals surface area contributed by atoms with Crippen LogP contribution < -0.4 is 5.32 Å². The van der Waals surface area contributed by atoms with Crippen molar-refractivity contribution < 1.29 is 0 Å². The van der Waals surface area contributed by atoms with Crippen molar-refractivity contribution in [2.24, 2.45) is 0 Å². The highest BCUT2D eigenvalue weighted by Crippen LogP contribution is 1.84. The summed E-state index contributed by atoms with van der Waals surface area (Å²) < 4.78 is 0. The Kier molecular flexibility index (Phi) is 4.60. The summed E-state index contributed by atoms with van der Waals surface area (Å²) in [5, 5.41) is 3.05. The third-order valence-electron chi connectivity index (χ3n) is 0.947. The monoisotopic (exact) mass is 123 g/mol. The minimum absolute atomic E-state index is 0.872. The van der Waals surface area contributed by atoms with Gasteiger partial charge in [0.05, 0.1) is 0 Å². The molecular formula is C8H13N. The first-order valence-electron chi connectivity index (χ1n) is 2.97. The molecule has 9 heavy (non-hydrogen) atoms. The zero-order valence-corrected chi connectivity index (χ0v) is 5.69. The van der Waals surface area contributed by atoms with Gasteiger partial charge in [-0.1, -0.05) is 19.2 Å². The molecule has 0 unspecified atom stereocenters. The molecule has 0 spiro atoms. The Morgan fingerprint density at radius 1 is 1.44 bits per heavy atom. The molecule has 0 aromatic rings. The molecule has 0 amide bonds. The van der Waals surface area contributed by atoms with E-state index in [1.807, 2.05) is 6.08 Å². The smallest absolute Gasteiger partial charge is 0.0261 e. The van der Waals surface area contributed by atoms with Gasteiger partial charge in [-0.05, 0) is 12.5 Å². The van der Waals surface area contributed by atoms with Crippen LogP contribution in [0, 0.1) is 0 Å². The van der Waals surface area contributed by atoms with Gasteiger partial charge >= 0.3 is 0 Å². The van der Waals surface area contributed by atoms with Crippen molar-refractivity contribution in [1.29, 1.82) is 0 Å². The van der Waals surface area contributed by atoms with Crippen LogP contribution in [0.25, 0.3) is 0 Å². The third-order valence-corrected chi connectivity index (χ3v) is 0.947. The second-order valence-corrected chi connectivity index (χ2v) is 1.73. The van der Waals surface area contributed by atoms with Crippen LogP contribution in [0.4, 0.5) is 0 Å². The van der Waals surface area contributed by atoms with E-state index in [9.17, 15) is 0 Å². The summed E-state index contributed by atoms with van der Waals surface area (Å²) in [6.45, 7) is 11.7. The molecule has 0 radical (unpaired) electrons. The average Bonchev–Trinajstić information content (AvgIpc) is 1.89. The molecule has 1 nitrogen and oxygen atoms in total. The molecule has 0 saturated carbocycles. The van der Waals surface area contributed by atoms with Crippen LogP contribution in [0.3, 0.4) is 0 Å². The van der Waals surface area contributed by atoms with E-state index >= 15 is 0 Å². The molecule has 0 heterocycles. The van der Waals surface area contributed by atoms with Gasteiger partial charge < -0.3 is 5.32 Å². The van der Waals surface area contributed by atoms with Gasteiger partial charge in [-0.2, -0.15) is 0 Å². The van der Waals surface area contributed by atoms with Gasteiger partial charge in [0.2, 0.25) is 0 Å². The molecule has 0 aromatic carbocycles. The maximum absolute atomic E-state index is 3.68. The van der Waals surface area contributed by atoms with Gasteiger partial charge in [-0.3, -0.25) is 0 Å². The summed E-state index contributed by atoms with van der Waals surface area (Å²) >= 11 is 0. The average molecular weight is 123 g/mol. The lowest BCUT2D eigenvalue weighted by molar-refractivity contribution is 0.826. The molecule has 0 bridgehead atoms. The number of nitrogens with one attached hydrogen (secondary N) is 1. The molecule has 0 saturated heterocycles. The largest absolute Gasteiger partial charge is 0.385 e. The zero-order chi connectivity index (χ0) is 7.11. The number of allylic oxidation sites excluding steroid dienone is 1. The first-order chi connectivity index (χ1) is 4.31. The second kappa shape index (κ2) is 5.16. The van der Waals surface area contributed by atoms with E-state index in [0.717, 1.165) is 18.7 Å². The van der Waals surface area contributed by atoms with Crippen LogP contribution in [0.5, 0.6) is 0 Å². The van der Waals surface area contributed by atoms with Gasteiger partial charge in [0.1, 0.15) is 0 Å². The first kappa shape index (κ1) is 8.02. The lowest BCUT2D eigenvalue weighted by Gasteiger charge is -2.00. The Labute approximate surface area is 56.8 Å². The zero-order valence-electron chi connectivity index (χ0n) is 5.69. The Bertz CT molecular complexity index is 114. The Morgan fingerprint density at radius 2 is 2.11 bits per heavy atom. The summed E-state index contributed by atoms with van der Waals surface area (Å²) in [5.41, 5.74) is 0.872. The molecule has 1 heteroatoms. The molecule has 50 valence electrons. The van der Waals surface area contributed by atoms with Crippen molar-refractivity contribution in [2.45, 2.75) is 6.42 Å². The van der Waals surface area contributed by atoms with E-state index in [4.69, 9.17) is 0 Å². The summed E-state index contributed by atoms with van der Waals surface area (Å²) in [5.74, 6) is 0. The summed E-state index contributed by atoms with van der Waals surface area (Å²) in [6.07, 6.45) is 4.53. The van der Waals surface area contributed by atoms with Gasteiger partial charge in [-0.25, -0.2) is 0 Å². The molecule has 1 N–H and O–H groups in total. The molecule has 0 rings (SSSR count). The minimum Gasteiger partial charge on any atom is -0.385 e. The maximum Gasteiger partial charge on any atom is 0.0261 e. The van der Waals surface area contributed by atoms with E-state index in [-0.39, 0.29) is 0 Å². The van der Waals surface area contributed by atoms with E-state index in [0.29, 0.717) is 0 Å². The SMILES string of the molecule is C=CCCNC(=C)C=C. The van der Waals surface area contributed by atoms with Crippen molar-refractivity contribution in [3.05, 3.63) is 37.6 Å². The minimum atomic E-state index is 0.872. The van der Waals surface area contributed by atoms with Crippen molar-refractivity contribution in [1.82, 2.24) is 5.32 Å². The molecule has 0 fully saturated rings. The highest BCUT2D eigenvalue weighted by molar-refractivity contribution is 5.07. The lowest BCUT2D eigenvalue weighted by atomic mass is 10.4. The highest BCUT2D eigenvalue weighted by Gasteiger charge is 1.81. The fourth-order valence-electron chi connectivity index (χ4n) is 0.407. The van der Waals surface area contributed by atoms with Crippen LogP contribution in [-0.4, -0.2) is 6.54 Å². The van der Waals surface area contributed by atoms with Crippen molar-refractivity contribution in [3.8, 4) is 0 Å². The van der Waals surface area contributed by atoms with Gasteiger partial charge in [-0.15, -0.1) is 6.58 Å². The summed E-state index contributed by atoms with van der Waals surface area (Å²) in [7, 11) is 0. The van der Waals surface area contributed by atoms with Crippen LogP contribution in [-0.2, 0) is 0 Å². The molecule has 0 aliphatic rings. The Morgan fingerprint density at radius 3 is 2.56 bits per heavy atom. The van der Waals surface area contributed by atoms with Crippen LogP contribution >= 0.6 is 0 Å². The van der Waals surface area contributed by atoms with Gasteiger partial charge in [0.25, 0.3) is 0 Å². The number of hydrogen-bond donors (Lipinski definition) is 1. The number of hydrogen-bond acceptors (Lipinski definition) is 1. The lowest BCUT2D eigenvalue weighted by Crippen LogP contribution is -2.10. The van der Waals surface area contributed by atoms with E-state index in [1.54, 1.807) is 6.08 Å². The predicted molar refractivity (Wildman–Crippen MR) is 42.2 cm³/mol. The highest BCUT2D eigenvalue weighted by atomic mass is 14.9. The number of rotatable bonds is 5.